The predicted octanol–water partition coefficient (Wildman–Crippen LogP) is 2.79. The molecule has 0 bridgehead atoms. The number of nitrogens with one attached hydrogen (secondary N) is 1. The van der Waals surface area contributed by atoms with E-state index in [1.165, 1.54) is 6.20 Å². The molecule has 1 fully saturated rings. The van der Waals surface area contributed by atoms with Gasteiger partial charge >= 0.3 is 5.92 Å². The standard InChI is InChI=1S/C18H18BrF2N3O4/c1-8(2)28-14-4-11-10(3-12(14)15(22)25)13(19)6-23-16(11)27-7-9-5-18(20,21)17(26)24-9/h3-4,6,8-9H,5,7H2,1-2H3,(H2,22,25)(H,24,26). The molecule has 0 saturated carbocycles. The van der Waals surface area contributed by atoms with E-state index < -0.39 is 30.2 Å². The molecule has 10 heteroatoms. The number of halogens is 3. The number of primary amides is 1. The van der Waals surface area contributed by atoms with Crippen molar-refractivity contribution in [3.63, 3.8) is 0 Å². The van der Waals surface area contributed by atoms with Crippen molar-refractivity contribution in [1.82, 2.24) is 10.3 Å². The number of benzene rings is 1. The molecule has 28 heavy (non-hydrogen) atoms. The first-order valence-corrected chi connectivity index (χ1v) is 9.28. The van der Waals surface area contributed by atoms with E-state index in [4.69, 9.17) is 15.2 Å². The number of hydrogen-bond donors (Lipinski definition) is 2. The molecule has 3 rings (SSSR count). The summed E-state index contributed by atoms with van der Waals surface area (Å²) in [5.74, 6) is -4.95. The van der Waals surface area contributed by atoms with E-state index in [1.54, 1.807) is 26.0 Å². The Morgan fingerprint density at radius 2 is 2.14 bits per heavy atom. The SMILES string of the molecule is CC(C)Oc1cc2c(OCC3CC(F)(F)C(=O)N3)ncc(Br)c2cc1C(N)=O. The molecule has 7 nitrogen and oxygen atoms in total. The highest BCUT2D eigenvalue weighted by molar-refractivity contribution is 9.10. The maximum Gasteiger partial charge on any atom is 0.326 e. The van der Waals surface area contributed by atoms with Crippen LogP contribution in [0.5, 0.6) is 11.6 Å². The van der Waals surface area contributed by atoms with Gasteiger partial charge in [-0.3, -0.25) is 9.59 Å². The van der Waals surface area contributed by atoms with Crippen molar-refractivity contribution in [3.05, 3.63) is 28.4 Å². The van der Waals surface area contributed by atoms with Crippen LogP contribution in [-0.2, 0) is 4.79 Å². The quantitative estimate of drug-likeness (QED) is 0.693. The second-order valence-corrected chi connectivity index (χ2v) is 7.58. The number of fused-ring (bicyclic) bond motifs is 1. The fraction of sp³-hybridized carbons (Fsp3) is 0.389. The van der Waals surface area contributed by atoms with Gasteiger partial charge < -0.3 is 20.5 Å². The molecule has 3 N–H and O–H groups in total. The number of aromatic nitrogens is 1. The molecule has 0 radical (unpaired) electrons. The van der Waals surface area contributed by atoms with Gasteiger partial charge in [-0.05, 0) is 41.9 Å². The van der Waals surface area contributed by atoms with E-state index in [-0.39, 0.29) is 29.9 Å². The van der Waals surface area contributed by atoms with Crippen LogP contribution in [0, 0.1) is 0 Å². The number of carbonyl (C=O) groups is 2. The molecule has 1 aliphatic rings. The predicted molar refractivity (Wildman–Crippen MR) is 101 cm³/mol. The van der Waals surface area contributed by atoms with Crippen LogP contribution >= 0.6 is 15.9 Å². The van der Waals surface area contributed by atoms with Crippen molar-refractivity contribution in [2.45, 2.75) is 38.3 Å². The summed E-state index contributed by atoms with van der Waals surface area (Å²) in [6.45, 7) is 3.42. The maximum absolute atomic E-state index is 13.4. The van der Waals surface area contributed by atoms with Gasteiger partial charge in [0.05, 0.1) is 17.7 Å². The van der Waals surface area contributed by atoms with Crippen molar-refractivity contribution < 1.29 is 27.8 Å². The smallest absolute Gasteiger partial charge is 0.326 e. The summed E-state index contributed by atoms with van der Waals surface area (Å²) in [5.41, 5.74) is 5.65. The molecule has 1 atom stereocenters. The van der Waals surface area contributed by atoms with Crippen molar-refractivity contribution in [2.75, 3.05) is 6.61 Å². The molecule has 1 saturated heterocycles. The van der Waals surface area contributed by atoms with Gasteiger partial charge in [0.25, 0.3) is 11.8 Å². The fourth-order valence-electron chi connectivity index (χ4n) is 2.89. The minimum Gasteiger partial charge on any atom is -0.490 e. The number of nitrogens with zero attached hydrogens (tertiary/aromatic N) is 1. The number of ether oxygens (including phenoxy) is 2. The van der Waals surface area contributed by atoms with Gasteiger partial charge in [0.15, 0.2) is 0 Å². The number of nitrogens with two attached hydrogens (primary N) is 1. The molecule has 2 heterocycles. The third-order valence-electron chi connectivity index (χ3n) is 4.12. The van der Waals surface area contributed by atoms with Gasteiger partial charge in [0, 0.05) is 27.9 Å². The summed E-state index contributed by atoms with van der Waals surface area (Å²) >= 11 is 3.36. The monoisotopic (exact) mass is 457 g/mol. The summed E-state index contributed by atoms with van der Waals surface area (Å²) in [5, 5.41) is 3.30. The summed E-state index contributed by atoms with van der Waals surface area (Å²) < 4.78 is 38.6. The number of amides is 2. The number of carbonyl (C=O) groups excluding carboxylic acids is 2. The van der Waals surface area contributed by atoms with Gasteiger partial charge in [-0.1, -0.05) is 0 Å². The van der Waals surface area contributed by atoms with Crippen molar-refractivity contribution >= 4 is 38.5 Å². The van der Waals surface area contributed by atoms with E-state index in [9.17, 15) is 18.4 Å². The van der Waals surface area contributed by atoms with Crippen molar-refractivity contribution in [1.29, 1.82) is 0 Å². The Bertz CT molecular complexity index is 952. The lowest BCUT2D eigenvalue weighted by atomic mass is 10.1. The van der Waals surface area contributed by atoms with Crippen molar-refractivity contribution in [2.24, 2.45) is 5.73 Å². The van der Waals surface area contributed by atoms with Crippen LogP contribution in [0.1, 0.15) is 30.6 Å². The number of alkyl halides is 2. The lowest BCUT2D eigenvalue weighted by Gasteiger charge is -2.17. The molecule has 1 aromatic carbocycles. The Balaban J connectivity index is 1.95. The van der Waals surface area contributed by atoms with Crippen LogP contribution in [0.25, 0.3) is 10.8 Å². The number of pyridine rings is 1. The fourth-order valence-corrected chi connectivity index (χ4v) is 3.32. The molecule has 2 aromatic rings. The highest BCUT2D eigenvalue weighted by atomic mass is 79.9. The normalized spacial score (nSPS) is 18.4. The summed E-state index contributed by atoms with van der Waals surface area (Å²) in [4.78, 5) is 27.2. The van der Waals surface area contributed by atoms with Gasteiger partial charge in [0.1, 0.15) is 12.4 Å². The first-order valence-electron chi connectivity index (χ1n) is 8.49. The summed E-state index contributed by atoms with van der Waals surface area (Å²) in [6, 6.07) is 2.29. The highest BCUT2D eigenvalue weighted by Gasteiger charge is 2.48. The minimum absolute atomic E-state index is 0.160. The largest absolute Gasteiger partial charge is 0.490 e. The van der Waals surface area contributed by atoms with Gasteiger partial charge in [-0.15, -0.1) is 0 Å². The average molecular weight is 458 g/mol. The lowest BCUT2D eigenvalue weighted by Crippen LogP contribution is -2.33. The average Bonchev–Trinajstić information content (AvgIpc) is 2.85. The van der Waals surface area contributed by atoms with Crippen LogP contribution in [0.2, 0.25) is 0 Å². The third-order valence-corrected chi connectivity index (χ3v) is 4.75. The Labute approximate surface area is 167 Å². The van der Waals surface area contributed by atoms with E-state index in [0.717, 1.165) is 0 Å². The van der Waals surface area contributed by atoms with Gasteiger partial charge in [-0.2, -0.15) is 8.78 Å². The zero-order chi connectivity index (χ0) is 20.6. The van der Waals surface area contributed by atoms with Crippen LogP contribution in [0.15, 0.2) is 22.8 Å². The highest BCUT2D eigenvalue weighted by Crippen LogP contribution is 2.36. The molecular formula is C18H18BrF2N3O4. The minimum atomic E-state index is -3.40. The van der Waals surface area contributed by atoms with Crippen molar-refractivity contribution in [3.8, 4) is 11.6 Å². The van der Waals surface area contributed by atoms with E-state index in [2.05, 4.69) is 26.2 Å². The second kappa shape index (κ2) is 7.50. The molecule has 150 valence electrons. The zero-order valence-corrected chi connectivity index (χ0v) is 16.7. The summed E-state index contributed by atoms with van der Waals surface area (Å²) in [6.07, 6.45) is 0.608. The first-order chi connectivity index (χ1) is 13.1. The number of hydrogen-bond acceptors (Lipinski definition) is 5. The Hall–Kier alpha value is -2.49. The Morgan fingerprint density at radius 3 is 2.71 bits per heavy atom. The Kier molecular flexibility index (Phi) is 5.42. The Morgan fingerprint density at radius 1 is 1.43 bits per heavy atom. The molecule has 2 amide bonds. The van der Waals surface area contributed by atoms with Crippen LogP contribution in [0.4, 0.5) is 8.78 Å². The third kappa shape index (κ3) is 4.01. The maximum atomic E-state index is 13.4. The van der Waals surface area contributed by atoms with Crippen LogP contribution < -0.4 is 20.5 Å². The zero-order valence-electron chi connectivity index (χ0n) is 15.1. The number of rotatable bonds is 6. The first kappa shape index (κ1) is 20.2. The molecule has 0 spiro atoms. The van der Waals surface area contributed by atoms with Gasteiger partial charge in [-0.25, -0.2) is 4.98 Å². The molecular weight excluding hydrogens is 440 g/mol. The summed E-state index contributed by atoms with van der Waals surface area (Å²) in [7, 11) is 0. The molecule has 1 aliphatic heterocycles. The van der Waals surface area contributed by atoms with Gasteiger partial charge in [0.2, 0.25) is 5.88 Å². The second-order valence-electron chi connectivity index (χ2n) is 6.73. The molecule has 1 aromatic heterocycles. The molecule has 0 aliphatic carbocycles. The van der Waals surface area contributed by atoms with E-state index in [0.29, 0.717) is 15.2 Å². The van der Waals surface area contributed by atoms with Crippen LogP contribution in [0.3, 0.4) is 0 Å². The van der Waals surface area contributed by atoms with E-state index in [1.807, 2.05) is 0 Å². The topological polar surface area (TPSA) is 104 Å². The van der Waals surface area contributed by atoms with Crippen LogP contribution in [-0.4, -0.2) is 41.5 Å². The lowest BCUT2D eigenvalue weighted by molar-refractivity contribution is -0.139. The molecule has 1 unspecified atom stereocenters. The van der Waals surface area contributed by atoms with E-state index >= 15 is 0 Å².